The van der Waals surface area contributed by atoms with Crippen molar-refractivity contribution in [2.24, 2.45) is 0 Å². The van der Waals surface area contributed by atoms with Crippen molar-refractivity contribution in [1.29, 1.82) is 0 Å². The van der Waals surface area contributed by atoms with Crippen molar-refractivity contribution in [1.82, 2.24) is 4.90 Å². The van der Waals surface area contributed by atoms with Gasteiger partial charge in [-0.15, -0.1) is 0 Å². The molecule has 0 saturated heterocycles. The van der Waals surface area contributed by atoms with Crippen LogP contribution in [0.2, 0.25) is 0 Å². The zero-order valence-corrected chi connectivity index (χ0v) is 7.58. The monoisotopic (exact) mass is 157 g/mol. The first-order valence-corrected chi connectivity index (χ1v) is 4.56. The summed E-state index contributed by atoms with van der Waals surface area (Å²) in [4.78, 5) is 2.15. The smallest absolute Gasteiger partial charge is 0.0695 e. The maximum absolute atomic E-state index is 9.68. The van der Waals surface area contributed by atoms with E-state index in [0.717, 1.165) is 12.8 Å². The lowest BCUT2D eigenvalue weighted by molar-refractivity contribution is 0.0707. The Bertz CT molecular complexity index is 114. The van der Waals surface area contributed by atoms with E-state index >= 15 is 0 Å². The molecule has 1 fully saturated rings. The number of hydrogen-bond acceptors (Lipinski definition) is 2. The quantitative estimate of drug-likeness (QED) is 0.579. The van der Waals surface area contributed by atoms with Crippen LogP contribution in [-0.4, -0.2) is 36.2 Å². The molecular formula is C9H19NO. The molecule has 1 aliphatic rings. The van der Waals surface area contributed by atoms with Crippen LogP contribution in [0.25, 0.3) is 0 Å². The minimum atomic E-state index is -0.0903. The first-order valence-electron chi connectivity index (χ1n) is 4.56. The lowest BCUT2D eigenvalue weighted by Gasteiger charge is -2.26. The highest BCUT2D eigenvalue weighted by molar-refractivity contribution is 4.78. The Morgan fingerprint density at radius 1 is 1.09 bits per heavy atom. The Morgan fingerprint density at radius 2 is 1.73 bits per heavy atom. The molecule has 0 aromatic heterocycles. The lowest BCUT2D eigenvalue weighted by atomic mass is 10.1. The first kappa shape index (κ1) is 9.01. The average molecular weight is 157 g/mol. The molecule has 0 aromatic carbocycles. The van der Waals surface area contributed by atoms with Gasteiger partial charge in [0.1, 0.15) is 0 Å². The van der Waals surface area contributed by atoms with E-state index in [0.29, 0.717) is 6.04 Å². The van der Waals surface area contributed by atoms with E-state index in [1.807, 2.05) is 0 Å². The normalized spacial score (nSPS) is 33.8. The van der Waals surface area contributed by atoms with Crippen LogP contribution in [0.15, 0.2) is 0 Å². The highest BCUT2D eigenvalue weighted by atomic mass is 16.3. The summed E-state index contributed by atoms with van der Waals surface area (Å²) in [6.45, 7) is 0. The van der Waals surface area contributed by atoms with E-state index in [1.165, 1.54) is 19.3 Å². The maximum Gasteiger partial charge on any atom is 0.0695 e. The van der Waals surface area contributed by atoms with Crippen molar-refractivity contribution in [3.8, 4) is 0 Å². The Balaban J connectivity index is 2.45. The number of aliphatic hydroxyl groups excluding tert-OH is 1. The topological polar surface area (TPSA) is 23.5 Å². The summed E-state index contributed by atoms with van der Waals surface area (Å²) in [6.07, 6.45) is 5.83. The third-order valence-corrected chi connectivity index (χ3v) is 2.61. The molecule has 1 aliphatic carbocycles. The summed E-state index contributed by atoms with van der Waals surface area (Å²) >= 11 is 0. The molecule has 11 heavy (non-hydrogen) atoms. The van der Waals surface area contributed by atoms with E-state index in [1.54, 1.807) is 0 Å². The number of aliphatic hydroxyl groups is 1. The van der Waals surface area contributed by atoms with Gasteiger partial charge in [-0.1, -0.05) is 19.3 Å². The SMILES string of the molecule is CN(C)[C@@H]1CCCCC[C@H]1O. The molecule has 0 unspecified atom stereocenters. The second-order valence-corrected chi connectivity index (χ2v) is 3.74. The Kier molecular flexibility index (Phi) is 3.34. The molecule has 2 nitrogen and oxygen atoms in total. The van der Waals surface area contributed by atoms with Gasteiger partial charge < -0.3 is 10.0 Å². The van der Waals surface area contributed by atoms with E-state index in [4.69, 9.17) is 0 Å². The summed E-state index contributed by atoms with van der Waals surface area (Å²) in [5, 5.41) is 9.68. The van der Waals surface area contributed by atoms with Crippen LogP contribution < -0.4 is 0 Å². The van der Waals surface area contributed by atoms with Gasteiger partial charge in [0.25, 0.3) is 0 Å². The molecule has 1 saturated carbocycles. The molecule has 0 aliphatic heterocycles. The predicted octanol–water partition coefficient (Wildman–Crippen LogP) is 1.24. The Labute approximate surface area is 69.2 Å². The van der Waals surface area contributed by atoms with Gasteiger partial charge in [0.2, 0.25) is 0 Å². The van der Waals surface area contributed by atoms with Crippen LogP contribution in [0.5, 0.6) is 0 Å². The number of rotatable bonds is 1. The van der Waals surface area contributed by atoms with E-state index in [-0.39, 0.29) is 6.10 Å². The molecule has 0 heterocycles. The zero-order valence-electron chi connectivity index (χ0n) is 7.58. The van der Waals surface area contributed by atoms with Crippen molar-refractivity contribution in [2.45, 2.75) is 44.2 Å². The van der Waals surface area contributed by atoms with Gasteiger partial charge in [-0.2, -0.15) is 0 Å². The third kappa shape index (κ3) is 2.46. The maximum atomic E-state index is 9.68. The minimum absolute atomic E-state index is 0.0903. The fourth-order valence-corrected chi connectivity index (χ4v) is 1.87. The Morgan fingerprint density at radius 3 is 2.36 bits per heavy atom. The minimum Gasteiger partial charge on any atom is -0.391 e. The van der Waals surface area contributed by atoms with Crippen LogP contribution >= 0.6 is 0 Å². The Hall–Kier alpha value is -0.0800. The molecule has 1 rings (SSSR count). The highest BCUT2D eigenvalue weighted by Gasteiger charge is 2.22. The van der Waals surface area contributed by atoms with Crippen molar-refractivity contribution >= 4 is 0 Å². The second kappa shape index (κ2) is 4.07. The molecule has 2 atom stereocenters. The summed E-state index contributed by atoms with van der Waals surface area (Å²) in [5.41, 5.74) is 0. The van der Waals surface area contributed by atoms with Crippen molar-refractivity contribution in [2.75, 3.05) is 14.1 Å². The number of nitrogens with zero attached hydrogens (tertiary/aromatic N) is 1. The molecule has 66 valence electrons. The molecule has 0 amide bonds. The van der Waals surface area contributed by atoms with Gasteiger partial charge in [-0.05, 0) is 26.9 Å². The van der Waals surface area contributed by atoms with Gasteiger partial charge in [-0.3, -0.25) is 0 Å². The lowest BCUT2D eigenvalue weighted by Crippen LogP contribution is -2.37. The summed E-state index contributed by atoms with van der Waals surface area (Å²) in [5.74, 6) is 0. The van der Waals surface area contributed by atoms with Crippen LogP contribution in [0.3, 0.4) is 0 Å². The van der Waals surface area contributed by atoms with Gasteiger partial charge in [0, 0.05) is 6.04 Å². The molecule has 0 radical (unpaired) electrons. The molecule has 0 bridgehead atoms. The van der Waals surface area contributed by atoms with E-state index in [9.17, 15) is 5.11 Å². The summed E-state index contributed by atoms with van der Waals surface area (Å²) < 4.78 is 0. The second-order valence-electron chi connectivity index (χ2n) is 3.74. The molecule has 0 spiro atoms. The van der Waals surface area contributed by atoms with Crippen LogP contribution in [0.4, 0.5) is 0 Å². The van der Waals surface area contributed by atoms with Gasteiger partial charge in [-0.25, -0.2) is 0 Å². The highest BCUT2D eigenvalue weighted by Crippen LogP contribution is 2.20. The van der Waals surface area contributed by atoms with Crippen LogP contribution in [0.1, 0.15) is 32.1 Å². The standard InChI is InChI=1S/C9H19NO/c1-10(2)8-6-4-3-5-7-9(8)11/h8-9,11H,3-7H2,1-2H3/t8-,9-/m1/s1. The first-order chi connectivity index (χ1) is 5.22. The molecule has 1 N–H and O–H groups in total. The van der Waals surface area contributed by atoms with Crippen molar-refractivity contribution in [3.63, 3.8) is 0 Å². The number of hydrogen-bond donors (Lipinski definition) is 1. The summed E-state index contributed by atoms with van der Waals surface area (Å²) in [7, 11) is 4.11. The van der Waals surface area contributed by atoms with Gasteiger partial charge in [0.05, 0.1) is 6.10 Å². The number of likely N-dealkylation sites (N-methyl/N-ethyl adjacent to an activating group) is 1. The van der Waals surface area contributed by atoms with E-state index < -0.39 is 0 Å². The average Bonchev–Trinajstić information content (AvgIpc) is 2.13. The van der Waals surface area contributed by atoms with Crippen molar-refractivity contribution in [3.05, 3.63) is 0 Å². The van der Waals surface area contributed by atoms with Crippen LogP contribution in [0, 0.1) is 0 Å². The predicted molar refractivity (Wildman–Crippen MR) is 46.6 cm³/mol. The molecule has 0 aromatic rings. The third-order valence-electron chi connectivity index (χ3n) is 2.61. The van der Waals surface area contributed by atoms with E-state index in [2.05, 4.69) is 19.0 Å². The summed E-state index contributed by atoms with van der Waals surface area (Å²) in [6, 6.07) is 0.400. The van der Waals surface area contributed by atoms with Gasteiger partial charge in [0.15, 0.2) is 0 Å². The molecular weight excluding hydrogens is 138 g/mol. The fourth-order valence-electron chi connectivity index (χ4n) is 1.87. The zero-order chi connectivity index (χ0) is 8.27. The van der Waals surface area contributed by atoms with Gasteiger partial charge >= 0.3 is 0 Å². The molecule has 2 heteroatoms. The van der Waals surface area contributed by atoms with Crippen LogP contribution in [-0.2, 0) is 0 Å². The van der Waals surface area contributed by atoms with Crippen molar-refractivity contribution < 1.29 is 5.11 Å². The largest absolute Gasteiger partial charge is 0.391 e. The fraction of sp³-hybridized carbons (Fsp3) is 1.00.